The van der Waals surface area contributed by atoms with E-state index in [1.54, 1.807) is 45.1 Å². The van der Waals surface area contributed by atoms with E-state index in [2.05, 4.69) is 16.2 Å². The van der Waals surface area contributed by atoms with Crippen LogP contribution in [0.4, 0.5) is 5.69 Å². The number of anilines is 1. The summed E-state index contributed by atoms with van der Waals surface area (Å²) in [7, 11) is 0. The molecule has 0 saturated carbocycles. The fourth-order valence-corrected chi connectivity index (χ4v) is 3.54. The second-order valence-electron chi connectivity index (χ2n) is 7.63. The second kappa shape index (κ2) is 7.67. The van der Waals surface area contributed by atoms with Crippen molar-refractivity contribution in [3.05, 3.63) is 42.0 Å². The molecule has 3 rings (SSSR count). The third-order valence-corrected chi connectivity index (χ3v) is 5.14. The van der Waals surface area contributed by atoms with Crippen LogP contribution in [-0.2, 0) is 19.1 Å². The van der Waals surface area contributed by atoms with Crippen LogP contribution in [0.2, 0.25) is 0 Å². The highest BCUT2D eigenvalue weighted by molar-refractivity contribution is 5.97. The molecule has 1 aromatic carbocycles. The lowest BCUT2D eigenvalue weighted by Gasteiger charge is -2.27. The van der Waals surface area contributed by atoms with Crippen LogP contribution in [-0.4, -0.2) is 40.5 Å². The van der Waals surface area contributed by atoms with Gasteiger partial charge in [0.15, 0.2) is 0 Å². The van der Waals surface area contributed by atoms with Crippen molar-refractivity contribution in [3.8, 4) is 0 Å². The van der Waals surface area contributed by atoms with Crippen molar-refractivity contribution < 1.29 is 29.0 Å². The maximum Gasteiger partial charge on any atom is 0.310 e. The zero-order valence-corrected chi connectivity index (χ0v) is 16.3. The number of hydrogen-bond donors (Lipinski definition) is 4. The standard InChI is InChI=1S/C20H23N3O6/c1-10(2)16(24)21-12-6-4-11(5-7-12)17(25)22-23-18(26)15-14(19(27)28)13-8-9-20(15,3)29-13/h4-10,13-15H,1-3H3,(H,21,24)(H,22,25)(H,23,26)(H,27,28). The van der Waals surface area contributed by atoms with Gasteiger partial charge in [-0.1, -0.05) is 26.0 Å². The molecule has 29 heavy (non-hydrogen) atoms. The van der Waals surface area contributed by atoms with Gasteiger partial charge in [0.25, 0.3) is 5.91 Å². The number of carboxylic acid groups (broad SMARTS) is 1. The Balaban J connectivity index is 1.60. The van der Waals surface area contributed by atoms with Crippen molar-refractivity contribution in [1.82, 2.24) is 10.9 Å². The van der Waals surface area contributed by atoms with Crippen molar-refractivity contribution >= 4 is 29.4 Å². The number of hydrogen-bond acceptors (Lipinski definition) is 5. The first kappa shape index (κ1) is 20.5. The number of aliphatic carboxylic acids is 1. The summed E-state index contributed by atoms with van der Waals surface area (Å²) in [5.74, 6) is -4.65. The fraction of sp³-hybridized carbons (Fsp3) is 0.400. The molecule has 3 amide bonds. The number of carbonyl (C=O) groups is 4. The molecule has 0 aliphatic carbocycles. The van der Waals surface area contributed by atoms with Crippen LogP contribution in [0.15, 0.2) is 36.4 Å². The van der Waals surface area contributed by atoms with Gasteiger partial charge in [0.1, 0.15) is 5.92 Å². The molecule has 9 nitrogen and oxygen atoms in total. The minimum atomic E-state index is -1.13. The number of benzene rings is 1. The van der Waals surface area contributed by atoms with Gasteiger partial charge in [-0.25, -0.2) is 0 Å². The summed E-state index contributed by atoms with van der Waals surface area (Å²) in [5, 5.41) is 12.1. The maximum atomic E-state index is 12.6. The second-order valence-corrected chi connectivity index (χ2v) is 7.63. The first-order valence-electron chi connectivity index (χ1n) is 9.23. The molecule has 2 aliphatic heterocycles. The van der Waals surface area contributed by atoms with E-state index in [0.717, 1.165) is 0 Å². The summed E-state index contributed by atoms with van der Waals surface area (Å²) < 4.78 is 5.62. The SMILES string of the molecule is CC(C)C(=O)Nc1ccc(C(=O)NNC(=O)C2C(C(=O)O)C3C=CC2(C)O3)cc1. The summed E-state index contributed by atoms with van der Waals surface area (Å²) in [6.45, 7) is 5.18. The fourth-order valence-electron chi connectivity index (χ4n) is 3.54. The normalized spacial score (nSPS) is 27.0. The molecular formula is C20H23N3O6. The Morgan fingerprint density at radius 2 is 1.76 bits per heavy atom. The lowest BCUT2D eigenvalue weighted by Crippen LogP contribution is -2.52. The number of amides is 3. The van der Waals surface area contributed by atoms with Gasteiger partial charge >= 0.3 is 5.97 Å². The Morgan fingerprint density at radius 1 is 1.10 bits per heavy atom. The Hall–Kier alpha value is -3.20. The summed E-state index contributed by atoms with van der Waals surface area (Å²) in [5.41, 5.74) is 4.37. The number of rotatable bonds is 5. The predicted molar refractivity (Wildman–Crippen MR) is 103 cm³/mol. The molecule has 154 valence electrons. The van der Waals surface area contributed by atoms with Crippen molar-refractivity contribution in [3.63, 3.8) is 0 Å². The summed E-state index contributed by atoms with van der Waals surface area (Å²) in [6, 6.07) is 6.16. The summed E-state index contributed by atoms with van der Waals surface area (Å²) in [6.07, 6.45) is 2.64. The molecular weight excluding hydrogens is 378 g/mol. The molecule has 2 aliphatic rings. The molecule has 1 aromatic rings. The molecule has 4 unspecified atom stereocenters. The average Bonchev–Trinajstić information content (AvgIpc) is 3.19. The predicted octanol–water partition coefficient (Wildman–Crippen LogP) is 1.09. The highest BCUT2D eigenvalue weighted by Gasteiger charge is 2.59. The molecule has 1 fully saturated rings. The molecule has 0 spiro atoms. The Kier molecular flexibility index (Phi) is 5.43. The number of ether oxygens (including phenoxy) is 1. The molecule has 2 heterocycles. The van der Waals surface area contributed by atoms with Crippen LogP contribution in [0.5, 0.6) is 0 Å². The van der Waals surface area contributed by atoms with Crippen LogP contribution < -0.4 is 16.2 Å². The highest BCUT2D eigenvalue weighted by Crippen LogP contribution is 2.46. The van der Waals surface area contributed by atoms with Crippen molar-refractivity contribution in [2.45, 2.75) is 32.5 Å². The van der Waals surface area contributed by atoms with E-state index in [1.807, 2.05) is 0 Å². The van der Waals surface area contributed by atoms with E-state index < -0.39 is 41.3 Å². The topological polar surface area (TPSA) is 134 Å². The molecule has 4 N–H and O–H groups in total. The van der Waals surface area contributed by atoms with Gasteiger partial charge in [-0.2, -0.15) is 0 Å². The van der Waals surface area contributed by atoms with Gasteiger partial charge in [-0.15, -0.1) is 0 Å². The number of carboxylic acids is 1. The Morgan fingerprint density at radius 3 is 2.34 bits per heavy atom. The first-order valence-corrected chi connectivity index (χ1v) is 9.23. The summed E-state index contributed by atoms with van der Waals surface area (Å²) in [4.78, 5) is 48.1. The number of fused-ring (bicyclic) bond motifs is 2. The van der Waals surface area contributed by atoms with E-state index in [-0.39, 0.29) is 17.4 Å². The smallest absolute Gasteiger partial charge is 0.310 e. The van der Waals surface area contributed by atoms with E-state index >= 15 is 0 Å². The monoisotopic (exact) mass is 401 g/mol. The Labute approximate surface area is 167 Å². The average molecular weight is 401 g/mol. The van der Waals surface area contributed by atoms with Crippen LogP contribution >= 0.6 is 0 Å². The largest absolute Gasteiger partial charge is 0.481 e. The van der Waals surface area contributed by atoms with E-state index in [0.29, 0.717) is 5.69 Å². The number of hydrazine groups is 1. The zero-order chi connectivity index (χ0) is 21.3. The van der Waals surface area contributed by atoms with Crippen molar-refractivity contribution in [2.24, 2.45) is 17.8 Å². The van der Waals surface area contributed by atoms with Crippen LogP contribution in [0.3, 0.4) is 0 Å². The lowest BCUT2D eigenvalue weighted by molar-refractivity contribution is -0.147. The minimum Gasteiger partial charge on any atom is -0.481 e. The van der Waals surface area contributed by atoms with Gasteiger partial charge in [-0.05, 0) is 31.2 Å². The van der Waals surface area contributed by atoms with Gasteiger partial charge in [-0.3, -0.25) is 30.0 Å². The molecule has 4 atom stereocenters. The lowest BCUT2D eigenvalue weighted by atomic mass is 9.76. The first-order chi connectivity index (χ1) is 13.6. The van der Waals surface area contributed by atoms with E-state index in [9.17, 15) is 24.3 Å². The Bertz CT molecular complexity index is 879. The maximum absolute atomic E-state index is 12.6. The number of carbonyl (C=O) groups excluding carboxylic acids is 3. The number of nitrogens with one attached hydrogen (secondary N) is 3. The molecule has 2 bridgehead atoms. The molecule has 9 heteroatoms. The molecule has 1 saturated heterocycles. The van der Waals surface area contributed by atoms with Crippen molar-refractivity contribution in [1.29, 1.82) is 0 Å². The van der Waals surface area contributed by atoms with E-state index in [1.165, 1.54) is 12.1 Å². The molecule has 0 aromatic heterocycles. The third-order valence-electron chi connectivity index (χ3n) is 5.14. The van der Waals surface area contributed by atoms with Crippen LogP contribution in [0, 0.1) is 17.8 Å². The summed E-state index contributed by atoms with van der Waals surface area (Å²) >= 11 is 0. The quantitative estimate of drug-likeness (QED) is 0.431. The zero-order valence-electron chi connectivity index (χ0n) is 16.3. The van der Waals surface area contributed by atoms with Gasteiger partial charge in [0, 0.05) is 17.2 Å². The molecule has 0 radical (unpaired) electrons. The van der Waals surface area contributed by atoms with E-state index in [4.69, 9.17) is 4.74 Å². The van der Waals surface area contributed by atoms with Crippen LogP contribution in [0.25, 0.3) is 0 Å². The van der Waals surface area contributed by atoms with Gasteiger partial charge in [0.2, 0.25) is 11.8 Å². The van der Waals surface area contributed by atoms with Gasteiger partial charge < -0.3 is 15.2 Å². The third kappa shape index (κ3) is 4.00. The minimum absolute atomic E-state index is 0.141. The van der Waals surface area contributed by atoms with Gasteiger partial charge in [0.05, 0.1) is 17.6 Å². The van der Waals surface area contributed by atoms with Crippen molar-refractivity contribution in [2.75, 3.05) is 5.32 Å². The van der Waals surface area contributed by atoms with Crippen LogP contribution in [0.1, 0.15) is 31.1 Å². The highest BCUT2D eigenvalue weighted by atomic mass is 16.5.